The molecular formula is C13H11Cl2IN2O2. The second-order valence-electron chi connectivity index (χ2n) is 4.17. The highest BCUT2D eigenvalue weighted by Crippen LogP contribution is 2.20. The molecule has 0 spiro atoms. The van der Waals surface area contributed by atoms with E-state index in [1.165, 1.54) is 9.13 Å². The number of rotatable bonds is 3. The molecule has 1 aromatic carbocycles. The first-order chi connectivity index (χ1) is 9.43. The lowest BCUT2D eigenvalue weighted by Crippen LogP contribution is -2.41. The highest BCUT2D eigenvalue weighted by molar-refractivity contribution is 14.1. The minimum Gasteiger partial charge on any atom is -0.300 e. The largest absolute Gasteiger partial charge is 0.331 e. The fraction of sp³-hybridized carbons (Fsp3) is 0.231. The molecule has 0 N–H and O–H groups in total. The Labute approximate surface area is 139 Å². The average Bonchev–Trinajstić information content (AvgIpc) is 2.42. The van der Waals surface area contributed by atoms with Gasteiger partial charge in [0.05, 0.1) is 10.1 Å². The van der Waals surface area contributed by atoms with Crippen molar-refractivity contribution >= 4 is 45.8 Å². The van der Waals surface area contributed by atoms with Crippen molar-refractivity contribution in [1.82, 2.24) is 9.13 Å². The number of aryl methyl sites for hydroxylation is 1. The van der Waals surface area contributed by atoms with E-state index < -0.39 is 0 Å². The van der Waals surface area contributed by atoms with Gasteiger partial charge in [-0.05, 0) is 53.3 Å². The molecule has 1 aromatic heterocycles. The minimum atomic E-state index is -0.353. The Bertz CT molecular complexity index is 768. The van der Waals surface area contributed by atoms with Crippen LogP contribution < -0.4 is 11.2 Å². The lowest BCUT2D eigenvalue weighted by Gasteiger charge is -2.11. The van der Waals surface area contributed by atoms with E-state index >= 15 is 0 Å². The van der Waals surface area contributed by atoms with Crippen LogP contribution in [0.1, 0.15) is 12.5 Å². The smallest absolute Gasteiger partial charge is 0.300 e. The van der Waals surface area contributed by atoms with Gasteiger partial charge in [-0.15, -0.1) is 0 Å². The summed E-state index contributed by atoms with van der Waals surface area (Å²) < 4.78 is 3.15. The van der Waals surface area contributed by atoms with Gasteiger partial charge in [0.2, 0.25) is 0 Å². The summed E-state index contributed by atoms with van der Waals surface area (Å²) in [6.07, 6.45) is 1.56. The van der Waals surface area contributed by atoms with Crippen molar-refractivity contribution in [1.29, 1.82) is 0 Å². The summed E-state index contributed by atoms with van der Waals surface area (Å²) in [5, 5.41) is 0.988. The van der Waals surface area contributed by atoms with Crippen molar-refractivity contribution in [2.24, 2.45) is 0 Å². The molecule has 0 aliphatic carbocycles. The molecule has 0 aliphatic rings. The molecule has 1 heterocycles. The Morgan fingerprint density at radius 3 is 2.60 bits per heavy atom. The quantitative estimate of drug-likeness (QED) is 0.711. The lowest BCUT2D eigenvalue weighted by atomic mass is 10.2. The van der Waals surface area contributed by atoms with E-state index in [4.69, 9.17) is 23.2 Å². The van der Waals surface area contributed by atoms with Crippen molar-refractivity contribution in [2.75, 3.05) is 0 Å². The molecule has 106 valence electrons. The summed E-state index contributed by atoms with van der Waals surface area (Å²) in [6, 6.07) is 4.97. The first kappa shape index (κ1) is 15.6. The number of aromatic nitrogens is 2. The maximum absolute atomic E-state index is 12.2. The van der Waals surface area contributed by atoms with E-state index in [0.29, 0.717) is 25.7 Å². The Morgan fingerprint density at radius 1 is 1.25 bits per heavy atom. The second-order valence-corrected chi connectivity index (χ2v) is 6.18. The van der Waals surface area contributed by atoms with Gasteiger partial charge < -0.3 is 0 Å². The number of halogens is 3. The van der Waals surface area contributed by atoms with Crippen LogP contribution in [0.15, 0.2) is 34.0 Å². The molecule has 0 saturated carbocycles. The zero-order valence-corrected chi connectivity index (χ0v) is 14.2. The van der Waals surface area contributed by atoms with Gasteiger partial charge in [-0.1, -0.05) is 23.2 Å². The third kappa shape index (κ3) is 3.10. The molecule has 0 aliphatic heterocycles. The van der Waals surface area contributed by atoms with Crippen LogP contribution in [0.2, 0.25) is 10.0 Å². The van der Waals surface area contributed by atoms with Crippen LogP contribution in [0.5, 0.6) is 0 Å². The number of hydrogen-bond donors (Lipinski definition) is 0. The van der Waals surface area contributed by atoms with Gasteiger partial charge in [-0.3, -0.25) is 13.9 Å². The maximum atomic E-state index is 12.2. The van der Waals surface area contributed by atoms with E-state index in [2.05, 4.69) is 0 Å². The van der Waals surface area contributed by atoms with Crippen molar-refractivity contribution in [3.8, 4) is 0 Å². The maximum Gasteiger partial charge on any atom is 0.331 e. The van der Waals surface area contributed by atoms with E-state index in [9.17, 15) is 9.59 Å². The third-order valence-corrected chi connectivity index (χ3v) is 4.22. The van der Waals surface area contributed by atoms with Gasteiger partial charge >= 0.3 is 5.69 Å². The molecule has 0 radical (unpaired) electrons. The monoisotopic (exact) mass is 424 g/mol. The molecule has 0 fully saturated rings. The Balaban J connectivity index is 2.59. The van der Waals surface area contributed by atoms with Crippen LogP contribution in [0.4, 0.5) is 0 Å². The number of benzene rings is 1. The average molecular weight is 425 g/mol. The lowest BCUT2D eigenvalue weighted by molar-refractivity contribution is 0.595. The zero-order valence-electron chi connectivity index (χ0n) is 10.6. The molecule has 0 unspecified atom stereocenters. The van der Waals surface area contributed by atoms with Gasteiger partial charge in [0.25, 0.3) is 5.56 Å². The van der Waals surface area contributed by atoms with E-state index in [0.717, 1.165) is 0 Å². The predicted octanol–water partition coefficient (Wildman–Crippen LogP) is 2.99. The topological polar surface area (TPSA) is 44.0 Å². The van der Waals surface area contributed by atoms with Crippen molar-refractivity contribution in [2.45, 2.75) is 20.0 Å². The second kappa shape index (κ2) is 6.32. The zero-order chi connectivity index (χ0) is 14.9. The van der Waals surface area contributed by atoms with E-state index in [1.807, 2.05) is 29.5 Å². The van der Waals surface area contributed by atoms with Crippen LogP contribution in [-0.4, -0.2) is 9.13 Å². The molecule has 7 heteroatoms. The van der Waals surface area contributed by atoms with Crippen LogP contribution in [-0.2, 0) is 13.1 Å². The summed E-state index contributed by atoms with van der Waals surface area (Å²) in [5.41, 5.74) is -0.0340. The highest BCUT2D eigenvalue weighted by atomic mass is 127. The standard InChI is InChI=1S/C13H11Cl2IN2O2/c1-2-17-7-11(16)12(19)18(13(17)20)6-8-5-9(14)3-4-10(8)15/h3-5,7H,2,6H2,1H3. The van der Waals surface area contributed by atoms with Gasteiger partial charge in [-0.2, -0.15) is 0 Å². The van der Waals surface area contributed by atoms with Gasteiger partial charge in [0.15, 0.2) is 0 Å². The summed E-state index contributed by atoms with van der Waals surface area (Å²) in [4.78, 5) is 24.3. The first-order valence-corrected chi connectivity index (χ1v) is 7.71. The number of nitrogens with zero attached hydrogens (tertiary/aromatic N) is 2. The molecule has 2 aromatic rings. The van der Waals surface area contributed by atoms with Gasteiger partial charge in [0, 0.05) is 22.8 Å². The fourth-order valence-corrected chi connectivity index (χ4v) is 2.82. The van der Waals surface area contributed by atoms with Crippen LogP contribution in [0.3, 0.4) is 0 Å². The Kier molecular flexibility index (Phi) is 4.93. The summed E-state index contributed by atoms with van der Waals surface area (Å²) in [5.74, 6) is 0. The molecule has 20 heavy (non-hydrogen) atoms. The third-order valence-electron chi connectivity index (χ3n) is 2.87. The molecule has 0 amide bonds. The van der Waals surface area contributed by atoms with Crippen LogP contribution in [0, 0.1) is 3.57 Å². The summed E-state index contributed by atoms with van der Waals surface area (Å²) in [7, 11) is 0. The molecule has 0 bridgehead atoms. The van der Waals surface area contributed by atoms with Crippen molar-refractivity contribution < 1.29 is 0 Å². The Morgan fingerprint density at radius 2 is 1.95 bits per heavy atom. The van der Waals surface area contributed by atoms with Gasteiger partial charge in [0.1, 0.15) is 0 Å². The minimum absolute atomic E-state index is 0.105. The van der Waals surface area contributed by atoms with E-state index in [-0.39, 0.29) is 17.8 Å². The summed E-state index contributed by atoms with van der Waals surface area (Å²) in [6.45, 7) is 2.45. The molecule has 0 saturated heterocycles. The SMILES string of the molecule is CCn1cc(I)c(=O)n(Cc2cc(Cl)ccc2Cl)c1=O. The number of hydrogen-bond acceptors (Lipinski definition) is 2. The highest BCUT2D eigenvalue weighted by Gasteiger charge is 2.11. The molecular weight excluding hydrogens is 414 g/mol. The van der Waals surface area contributed by atoms with Gasteiger partial charge in [-0.25, -0.2) is 4.79 Å². The normalized spacial score (nSPS) is 10.8. The van der Waals surface area contributed by atoms with E-state index in [1.54, 1.807) is 24.4 Å². The summed E-state index contributed by atoms with van der Waals surface area (Å²) >= 11 is 13.9. The van der Waals surface area contributed by atoms with Crippen LogP contribution in [0.25, 0.3) is 0 Å². The molecule has 4 nitrogen and oxygen atoms in total. The van der Waals surface area contributed by atoms with Crippen LogP contribution >= 0.6 is 45.8 Å². The first-order valence-electron chi connectivity index (χ1n) is 5.87. The fourth-order valence-electron chi connectivity index (χ4n) is 1.82. The van der Waals surface area contributed by atoms with Crippen molar-refractivity contribution in [3.05, 3.63) is 64.4 Å². The molecule has 2 rings (SSSR count). The molecule has 0 atom stereocenters. The Hall–Kier alpha value is -0.790. The predicted molar refractivity (Wildman–Crippen MR) is 88.9 cm³/mol. The van der Waals surface area contributed by atoms with Crippen molar-refractivity contribution in [3.63, 3.8) is 0 Å².